The number of thiazole rings is 1. The first-order chi connectivity index (χ1) is 11.5. The van der Waals surface area contributed by atoms with Crippen molar-refractivity contribution < 1.29 is 17.5 Å². The van der Waals surface area contributed by atoms with Gasteiger partial charge in [0.1, 0.15) is 11.6 Å². The van der Waals surface area contributed by atoms with Gasteiger partial charge in [0, 0.05) is 18.1 Å². The smallest absolute Gasteiger partial charge is 0.278 e. The molecule has 3 aromatic rings. The Kier molecular flexibility index (Phi) is 4.89. The molecular formula is C16H13FN2O3S2. The van der Waals surface area contributed by atoms with Gasteiger partial charge in [0.05, 0.1) is 4.90 Å². The van der Waals surface area contributed by atoms with Crippen LogP contribution in [0.15, 0.2) is 65.0 Å². The number of sulfonamides is 1. The van der Waals surface area contributed by atoms with Crippen molar-refractivity contribution in [3.05, 3.63) is 71.5 Å². The molecular weight excluding hydrogens is 351 g/mol. The summed E-state index contributed by atoms with van der Waals surface area (Å²) in [5, 5.41) is 2.35. The summed E-state index contributed by atoms with van der Waals surface area (Å²) in [6.45, 7) is 0.0936. The highest BCUT2D eigenvalue weighted by Crippen LogP contribution is 2.23. The van der Waals surface area contributed by atoms with Crippen LogP contribution in [0.1, 0.15) is 5.56 Å². The molecule has 0 bridgehead atoms. The first kappa shape index (κ1) is 16.6. The average molecular weight is 364 g/mol. The zero-order valence-electron chi connectivity index (χ0n) is 12.3. The molecule has 0 saturated heterocycles. The van der Waals surface area contributed by atoms with Crippen LogP contribution in [-0.4, -0.2) is 13.4 Å². The molecule has 1 N–H and O–H groups in total. The second kappa shape index (κ2) is 7.08. The zero-order chi connectivity index (χ0) is 17.0. The first-order valence-corrected chi connectivity index (χ1v) is 9.31. The Morgan fingerprint density at radius 1 is 1.17 bits per heavy atom. The highest BCUT2D eigenvalue weighted by molar-refractivity contribution is 7.89. The quantitative estimate of drug-likeness (QED) is 0.726. The number of nitrogens with zero attached hydrogens (tertiary/aromatic N) is 1. The van der Waals surface area contributed by atoms with Gasteiger partial charge in [-0.2, -0.15) is 0 Å². The Labute approximate surface area is 142 Å². The SMILES string of the molecule is O=S(=O)(NCc1ccc(Oc2nccs2)cc1)c1cccc(F)c1. The molecule has 8 heteroatoms. The second-order valence-electron chi connectivity index (χ2n) is 4.83. The minimum Gasteiger partial charge on any atom is -0.431 e. The number of benzene rings is 2. The lowest BCUT2D eigenvalue weighted by atomic mass is 10.2. The average Bonchev–Trinajstić information content (AvgIpc) is 3.07. The molecule has 2 aromatic carbocycles. The minimum atomic E-state index is -3.76. The molecule has 0 amide bonds. The predicted molar refractivity (Wildman–Crippen MR) is 89.1 cm³/mol. The fourth-order valence-electron chi connectivity index (χ4n) is 1.93. The largest absolute Gasteiger partial charge is 0.431 e. The molecule has 1 aromatic heterocycles. The van der Waals surface area contributed by atoms with E-state index >= 15 is 0 Å². The first-order valence-electron chi connectivity index (χ1n) is 6.94. The number of aromatic nitrogens is 1. The number of ether oxygens (including phenoxy) is 1. The minimum absolute atomic E-state index is 0.0936. The van der Waals surface area contributed by atoms with Crippen molar-refractivity contribution >= 4 is 21.4 Å². The lowest BCUT2D eigenvalue weighted by Crippen LogP contribution is -2.23. The molecule has 0 radical (unpaired) electrons. The van der Waals surface area contributed by atoms with E-state index in [9.17, 15) is 12.8 Å². The summed E-state index contributed by atoms with van der Waals surface area (Å²) in [5.74, 6) is 0.0169. The maximum absolute atomic E-state index is 13.2. The fraction of sp³-hybridized carbons (Fsp3) is 0.0625. The Bertz CT molecular complexity index is 911. The Hall–Kier alpha value is -2.29. The lowest BCUT2D eigenvalue weighted by Gasteiger charge is -2.08. The van der Waals surface area contributed by atoms with Gasteiger partial charge >= 0.3 is 0 Å². The molecule has 0 aliphatic heterocycles. The highest BCUT2D eigenvalue weighted by atomic mass is 32.2. The molecule has 1 heterocycles. The molecule has 0 unspecified atom stereocenters. The number of hydrogen-bond acceptors (Lipinski definition) is 5. The van der Waals surface area contributed by atoms with Crippen molar-refractivity contribution in [2.75, 3.05) is 0 Å². The van der Waals surface area contributed by atoms with Crippen molar-refractivity contribution in [2.24, 2.45) is 0 Å². The van der Waals surface area contributed by atoms with Crippen LogP contribution in [0, 0.1) is 5.82 Å². The van der Waals surface area contributed by atoms with Gasteiger partial charge in [0.2, 0.25) is 10.0 Å². The van der Waals surface area contributed by atoms with Crippen LogP contribution in [0.25, 0.3) is 0 Å². The number of nitrogens with one attached hydrogen (secondary N) is 1. The second-order valence-corrected chi connectivity index (χ2v) is 7.45. The van der Waals surface area contributed by atoms with Gasteiger partial charge in [-0.3, -0.25) is 0 Å². The van der Waals surface area contributed by atoms with Gasteiger partial charge in [0.15, 0.2) is 0 Å². The molecule has 5 nitrogen and oxygen atoms in total. The van der Waals surface area contributed by atoms with E-state index in [0.717, 1.165) is 11.6 Å². The van der Waals surface area contributed by atoms with Crippen molar-refractivity contribution in [1.29, 1.82) is 0 Å². The summed E-state index contributed by atoms with van der Waals surface area (Å²) in [6.07, 6.45) is 1.65. The standard InChI is InChI=1S/C16H13FN2O3S2/c17-13-2-1-3-15(10-13)24(20,21)19-11-12-4-6-14(7-5-12)22-16-18-8-9-23-16/h1-10,19H,11H2. The summed E-state index contributed by atoms with van der Waals surface area (Å²) < 4.78 is 45.4. The van der Waals surface area contributed by atoms with Crippen LogP contribution >= 0.6 is 11.3 Å². The van der Waals surface area contributed by atoms with E-state index in [4.69, 9.17) is 4.74 Å². The Morgan fingerprint density at radius 2 is 1.96 bits per heavy atom. The van der Waals surface area contributed by atoms with Crippen molar-refractivity contribution in [3.63, 3.8) is 0 Å². The van der Waals surface area contributed by atoms with Gasteiger partial charge in [-0.1, -0.05) is 29.5 Å². The van der Waals surface area contributed by atoms with Gasteiger partial charge in [-0.05, 0) is 35.9 Å². The third kappa shape index (κ3) is 4.16. The van der Waals surface area contributed by atoms with E-state index in [-0.39, 0.29) is 11.4 Å². The number of rotatable bonds is 6. The molecule has 0 aliphatic rings. The Balaban J connectivity index is 1.64. The summed E-state index contributed by atoms with van der Waals surface area (Å²) in [6, 6.07) is 11.8. The molecule has 0 spiro atoms. The van der Waals surface area contributed by atoms with E-state index in [0.29, 0.717) is 10.9 Å². The molecule has 0 saturated carbocycles. The molecule has 24 heavy (non-hydrogen) atoms. The van der Waals surface area contributed by atoms with E-state index < -0.39 is 15.8 Å². The third-order valence-corrected chi connectivity index (χ3v) is 5.16. The topological polar surface area (TPSA) is 68.3 Å². The van der Waals surface area contributed by atoms with Crippen LogP contribution < -0.4 is 9.46 Å². The van der Waals surface area contributed by atoms with Crippen LogP contribution in [0.2, 0.25) is 0 Å². The summed E-state index contributed by atoms with van der Waals surface area (Å²) in [4.78, 5) is 3.91. The molecule has 0 atom stereocenters. The van der Waals surface area contributed by atoms with E-state index in [1.165, 1.54) is 29.5 Å². The molecule has 124 valence electrons. The van der Waals surface area contributed by atoms with Gasteiger partial charge < -0.3 is 4.74 Å². The van der Waals surface area contributed by atoms with Crippen molar-refractivity contribution in [2.45, 2.75) is 11.4 Å². The van der Waals surface area contributed by atoms with Gasteiger partial charge in [0.25, 0.3) is 5.19 Å². The number of halogens is 1. The summed E-state index contributed by atoms with van der Waals surface area (Å²) >= 11 is 1.38. The maximum Gasteiger partial charge on any atom is 0.278 e. The Morgan fingerprint density at radius 3 is 2.62 bits per heavy atom. The van der Waals surface area contributed by atoms with E-state index in [2.05, 4.69) is 9.71 Å². The fourth-order valence-corrected chi connectivity index (χ4v) is 3.49. The highest BCUT2D eigenvalue weighted by Gasteiger charge is 2.14. The third-order valence-electron chi connectivity index (χ3n) is 3.11. The summed E-state index contributed by atoms with van der Waals surface area (Å²) in [7, 11) is -3.76. The van der Waals surface area contributed by atoms with E-state index in [1.54, 1.807) is 30.5 Å². The lowest BCUT2D eigenvalue weighted by molar-refractivity contribution is 0.478. The zero-order valence-corrected chi connectivity index (χ0v) is 14.0. The molecule has 0 aliphatic carbocycles. The monoisotopic (exact) mass is 364 g/mol. The predicted octanol–water partition coefficient (Wildman–Crippen LogP) is 3.55. The van der Waals surface area contributed by atoms with Gasteiger partial charge in [-0.15, -0.1) is 0 Å². The number of hydrogen-bond donors (Lipinski definition) is 1. The summed E-state index contributed by atoms with van der Waals surface area (Å²) in [5.41, 5.74) is 0.751. The normalized spacial score (nSPS) is 11.4. The van der Waals surface area contributed by atoms with Gasteiger partial charge in [-0.25, -0.2) is 22.5 Å². The molecule has 0 fully saturated rings. The van der Waals surface area contributed by atoms with Crippen LogP contribution in [-0.2, 0) is 16.6 Å². The maximum atomic E-state index is 13.2. The van der Waals surface area contributed by atoms with E-state index in [1.807, 2.05) is 5.38 Å². The van der Waals surface area contributed by atoms with Crippen LogP contribution in [0.4, 0.5) is 4.39 Å². The van der Waals surface area contributed by atoms with Crippen molar-refractivity contribution in [3.8, 4) is 10.9 Å². The van der Waals surface area contributed by atoms with Crippen molar-refractivity contribution in [1.82, 2.24) is 9.71 Å². The van der Waals surface area contributed by atoms with Crippen LogP contribution in [0.5, 0.6) is 10.9 Å². The molecule has 3 rings (SSSR count). The van der Waals surface area contributed by atoms with Crippen LogP contribution in [0.3, 0.4) is 0 Å².